The summed E-state index contributed by atoms with van der Waals surface area (Å²) < 4.78 is 32.0. The minimum atomic E-state index is -0.915. The number of benzene rings is 1. The van der Waals surface area contributed by atoms with E-state index in [1.54, 1.807) is 6.92 Å². The van der Waals surface area contributed by atoms with E-state index in [0.717, 1.165) is 12.1 Å². The number of aromatic nitrogens is 3. The number of aryl methyl sites for hydroxylation is 1. The Morgan fingerprint density at radius 2 is 1.88 bits per heavy atom. The number of rotatable bonds is 6. The van der Waals surface area contributed by atoms with Crippen molar-refractivity contribution in [3.8, 4) is 23.1 Å². The van der Waals surface area contributed by atoms with Crippen molar-refractivity contribution in [2.24, 2.45) is 7.05 Å². The van der Waals surface area contributed by atoms with Gasteiger partial charge in [0.05, 0.1) is 17.8 Å². The number of halogens is 3. The molecule has 32 heavy (non-hydrogen) atoms. The van der Waals surface area contributed by atoms with Crippen LogP contribution in [-0.2, 0) is 16.6 Å². The summed E-state index contributed by atoms with van der Waals surface area (Å²) in [5, 5.41) is -0.102. The van der Waals surface area contributed by atoms with Crippen LogP contribution in [0.25, 0.3) is 5.69 Å². The van der Waals surface area contributed by atoms with Gasteiger partial charge in [-0.15, -0.1) is 0 Å². The Kier molecular flexibility index (Phi) is 6.85. The second kappa shape index (κ2) is 9.41. The molecule has 0 atom stereocenters. The maximum absolute atomic E-state index is 14.7. The van der Waals surface area contributed by atoms with Crippen molar-refractivity contribution in [3.63, 3.8) is 0 Å². The molecule has 0 saturated carbocycles. The minimum absolute atomic E-state index is 0.0121. The number of hydrogen-bond acceptors (Lipinski definition) is 7. The van der Waals surface area contributed by atoms with Crippen LogP contribution in [-0.4, -0.2) is 33.8 Å². The molecule has 168 valence electrons. The molecule has 0 unspecified atom stereocenters. The number of hydrogen-bond donors (Lipinski definition) is 0. The first kappa shape index (κ1) is 23.3. The highest BCUT2D eigenvalue weighted by Crippen LogP contribution is 2.36. The first-order valence-corrected chi connectivity index (χ1v) is 9.71. The van der Waals surface area contributed by atoms with E-state index in [2.05, 4.69) is 9.72 Å². The fraction of sp³-hybridized carbons (Fsp3) is 0.200. The molecule has 0 N–H and O–H groups in total. The van der Waals surface area contributed by atoms with Crippen molar-refractivity contribution in [2.75, 3.05) is 13.7 Å². The van der Waals surface area contributed by atoms with Gasteiger partial charge in [0.15, 0.2) is 12.4 Å². The van der Waals surface area contributed by atoms with E-state index in [1.807, 2.05) is 0 Å². The normalized spacial score (nSPS) is 10.7. The molecule has 12 heteroatoms. The Morgan fingerprint density at radius 1 is 1.16 bits per heavy atom. The average molecular weight is 484 g/mol. The van der Waals surface area contributed by atoms with E-state index in [0.29, 0.717) is 10.3 Å². The molecular weight excluding hydrogens is 468 g/mol. The molecule has 0 radical (unpaired) electrons. The first-order chi connectivity index (χ1) is 15.1. The Bertz CT molecular complexity index is 1320. The van der Waals surface area contributed by atoms with Crippen molar-refractivity contribution < 1.29 is 23.4 Å². The maximum atomic E-state index is 14.7. The SMILES string of the molecule is COC(=O)COc1nc(Cl)ccc1Oc1cc(-n2c(=O)cc(C)n(C)c2=O)c(F)cc1Cl. The summed E-state index contributed by atoms with van der Waals surface area (Å²) in [7, 11) is 2.63. The summed E-state index contributed by atoms with van der Waals surface area (Å²) in [6.07, 6.45) is 0. The first-order valence-electron chi connectivity index (χ1n) is 8.95. The van der Waals surface area contributed by atoms with Crippen molar-refractivity contribution in [1.82, 2.24) is 14.1 Å². The van der Waals surface area contributed by atoms with E-state index in [1.165, 1.54) is 36.9 Å². The second-order valence-electron chi connectivity index (χ2n) is 6.44. The zero-order valence-corrected chi connectivity index (χ0v) is 18.5. The van der Waals surface area contributed by atoms with Gasteiger partial charge in [-0.2, -0.15) is 4.98 Å². The fourth-order valence-corrected chi connectivity index (χ4v) is 2.94. The summed E-state index contributed by atoms with van der Waals surface area (Å²) in [5.41, 5.74) is -1.44. The third-order valence-electron chi connectivity index (χ3n) is 4.37. The van der Waals surface area contributed by atoms with Crippen molar-refractivity contribution in [2.45, 2.75) is 6.92 Å². The van der Waals surface area contributed by atoms with Crippen LogP contribution in [0, 0.1) is 12.7 Å². The molecule has 0 bridgehead atoms. The molecule has 0 aliphatic carbocycles. The van der Waals surface area contributed by atoms with Crippen LogP contribution in [0.5, 0.6) is 17.4 Å². The predicted octanol–water partition coefficient (Wildman–Crippen LogP) is 3.03. The monoisotopic (exact) mass is 483 g/mol. The molecule has 0 fully saturated rings. The number of pyridine rings is 1. The minimum Gasteiger partial charge on any atom is -0.466 e. The Labute approximate surface area is 190 Å². The molecule has 2 aromatic heterocycles. The number of esters is 1. The standard InChI is InChI=1S/C20H16Cl2FN3O6/c1-10-6-17(27)26(20(29)25(10)2)13-8-15(11(21)7-12(13)23)32-14-4-5-16(22)24-19(14)31-9-18(28)30-3/h4-8H,9H2,1-3H3. The molecule has 0 aliphatic heterocycles. The summed E-state index contributed by atoms with van der Waals surface area (Å²) in [6.45, 7) is 1.10. The highest BCUT2D eigenvalue weighted by Gasteiger charge is 2.19. The van der Waals surface area contributed by atoms with Crippen LogP contribution in [0.3, 0.4) is 0 Å². The lowest BCUT2D eigenvalue weighted by Crippen LogP contribution is -2.38. The van der Waals surface area contributed by atoms with E-state index < -0.39 is 29.6 Å². The van der Waals surface area contributed by atoms with E-state index in [4.69, 9.17) is 32.7 Å². The molecule has 2 heterocycles. The Hall–Kier alpha value is -3.37. The third-order valence-corrected chi connectivity index (χ3v) is 4.87. The molecular formula is C20H16Cl2FN3O6. The predicted molar refractivity (Wildman–Crippen MR) is 114 cm³/mol. The lowest BCUT2D eigenvalue weighted by Gasteiger charge is -2.15. The molecule has 9 nitrogen and oxygen atoms in total. The van der Waals surface area contributed by atoms with Gasteiger partial charge in [0.2, 0.25) is 0 Å². The van der Waals surface area contributed by atoms with Gasteiger partial charge in [0, 0.05) is 24.9 Å². The van der Waals surface area contributed by atoms with Gasteiger partial charge >= 0.3 is 11.7 Å². The van der Waals surface area contributed by atoms with Crippen molar-refractivity contribution >= 4 is 29.2 Å². The van der Waals surface area contributed by atoms with Gasteiger partial charge in [-0.1, -0.05) is 23.2 Å². The highest BCUT2D eigenvalue weighted by molar-refractivity contribution is 6.32. The molecule has 0 aliphatic rings. The van der Waals surface area contributed by atoms with E-state index in [9.17, 15) is 18.8 Å². The van der Waals surface area contributed by atoms with Gasteiger partial charge in [0.1, 0.15) is 16.7 Å². The van der Waals surface area contributed by atoms with Gasteiger partial charge in [-0.25, -0.2) is 18.5 Å². The zero-order chi connectivity index (χ0) is 23.6. The number of ether oxygens (including phenoxy) is 3. The smallest absolute Gasteiger partial charge is 0.343 e. The summed E-state index contributed by atoms with van der Waals surface area (Å²) in [4.78, 5) is 40.3. The van der Waals surface area contributed by atoms with Crippen LogP contribution < -0.4 is 20.7 Å². The summed E-state index contributed by atoms with van der Waals surface area (Å²) >= 11 is 12.0. The fourth-order valence-electron chi connectivity index (χ4n) is 2.62. The molecule has 1 aromatic carbocycles. The number of carbonyl (C=O) groups excluding carboxylic acids is 1. The van der Waals surface area contributed by atoms with E-state index >= 15 is 0 Å². The van der Waals surface area contributed by atoms with Crippen LogP contribution >= 0.6 is 23.2 Å². The van der Waals surface area contributed by atoms with Gasteiger partial charge < -0.3 is 18.8 Å². The van der Waals surface area contributed by atoms with Gasteiger partial charge in [0.25, 0.3) is 11.4 Å². The van der Waals surface area contributed by atoms with Crippen LogP contribution in [0.15, 0.2) is 39.9 Å². The average Bonchev–Trinajstić information content (AvgIpc) is 2.74. The van der Waals surface area contributed by atoms with Gasteiger partial charge in [-0.05, 0) is 25.1 Å². The number of methoxy groups -OCH3 is 1. The Balaban J connectivity index is 2.08. The Morgan fingerprint density at radius 3 is 2.56 bits per heavy atom. The van der Waals surface area contributed by atoms with Crippen LogP contribution in [0.1, 0.15) is 5.69 Å². The van der Waals surface area contributed by atoms with Crippen molar-refractivity contribution in [3.05, 3.63) is 72.9 Å². The maximum Gasteiger partial charge on any atom is 0.343 e. The molecule has 0 spiro atoms. The van der Waals surface area contributed by atoms with Crippen LogP contribution in [0.4, 0.5) is 4.39 Å². The van der Waals surface area contributed by atoms with Crippen LogP contribution in [0.2, 0.25) is 10.2 Å². The summed E-state index contributed by atoms with van der Waals surface area (Å²) in [5.74, 6) is -1.86. The lowest BCUT2D eigenvalue weighted by molar-refractivity contribution is -0.143. The highest BCUT2D eigenvalue weighted by atomic mass is 35.5. The molecule has 0 amide bonds. The molecule has 3 rings (SSSR count). The van der Waals surface area contributed by atoms with E-state index in [-0.39, 0.29) is 33.2 Å². The summed E-state index contributed by atoms with van der Waals surface area (Å²) in [6, 6.07) is 5.96. The molecule has 3 aromatic rings. The molecule has 0 saturated heterocycles. The lowest BCUT2D eigenvalue weighted by atomic mass is 10.2. The zero-order valence-electron chi connectivity index (χ0n) is 17.0. The topological polar surface area (TPSA) is 102 Å². The quantitative estimate of drug-likeness (QED) is 0.392. The largest absolute Gasteiger partial charge is 0.466 e. The van der Waals surface area contributed by atoms with Gasteiger partial charge in [-0.3, -0.25) is 4.79 Å². The number of nitrogens with zero attached hydrogens (tertiary/aromatic N) is 3. The number of carbonyl (C=O) groups is 1. The second-order valence-corrected chi connectivity index (χ2v) is 7.23. The van der Waals surface area contributed by atoms with Crippen molar-refractivity contribution in [1.29, 1.82) is 0 Å². The third kappa shape index (κ3) is 4.76.